The molecule has 1 N–H and O–H groups in total. The van der Waals surface area contributed by atoms with Crippen LogP contribution in [0.15, 0.2) is 30.0 Å². The predicted molar refractivity (Wildman–Crippen MR) is 108 cm³/mol. The maximum atomic E-state index is 13.3. The van der Waals surface area contributed by atoms with Gasteiger partial charge in [-0.3, -0.25) is 14.5 Å². The van der Waals surface area contributed by atoms with Crippen LogP contribution >= 0.6 is 0 Å². The summed E-state index contributed by atoms with van der Waals surface area (Å²) in [6, 6.07) is 7.28. The molecule has 152 valence electrons. The summed E-state index contributed by atoms with van der Waals surface area (Å²) in [5.74, 6) is 0.255. The van der Waals surface area contributed by atoms with Crippen molar-refractivity contribution in [3.05, 3.63) is 35.5 Å². The van der Waals surface area contributed by atoms with Gasteiger partial charge in [0.05, 0.1) is 18.3 Å². The number of likely N-dealkylation sites (N-methyl/N-ethyl adjacent to an activating group) is 1. The molecule has 6 nitrogen and oxygen atoms in total. The van der Waals surface area contributed by atoms with Crippen LogP contribution in [0.4, 0.5) is 0 Å². The quantitative estimate of drug-likeness (QED) is 0.730. The third kappa shape index (κ3) is 4.07. The largest absolute Gasteiger partial charge is 0.491 e. The molecule has 0 atom stereocenters. The van der Waals surface area contributed by atoms with Gasteiger partial charge in [-0.2, -0.15) is 0 Å². The summed E-state index contributed by atoms with van der Waals surface area (Å²) >= 11 is 0. The number of aliphatic hydroxyl groups excluding tert-OH is 1. The van der Waals surface area contributed by atoms with E-state index >= 15 is 0 Å². The molecular formula is C22H30N2O4. The zero-order valence-corrected chi connectivity index (χ0v) is 17.0. The molecule has 2 amide bonds. The Morgan fingerprint density at radius 1 is 1.11 bits per heavy atom. The molecule has 3 rings (SSSR count). The number of aliphatic hydroxyl groups is 1. The van der Waals surface area contributed by atoms with Crippen LogP contribution in [-0.2, 0) is 9.59 Å². The van der Waals surface area contributed by atoms with E-state index in [0.29, 0.717) is 23.4 Å². The van der Waals surface area contributed by atoms with Crippen LogP contribution in [0.25, 0.3) is 5.57 Å². The normalized spacial score (nSPS) is 18.4. The number of rotatable bonds is 7. The Bertz CT molecular complexity index is 748. The van der Waals surface area contributed by atoms with Crippen molar-refractivity contribution in [3.8, 4) is 5.75 Å². The number of carbonyl (C=O) groups is 2. The van der Waals surface area contributed by atoms with Gasteiger partial charge >= 0.3 is 0 Å². The fraction of sp³-hybridized carbons (Fsp3) is 0.545. The van der Waals surface area contributed by atoms with Gasteiger partial charge in [-0.15, -0.1) is 0 Å². The predicted octanol–water partition coefficient (Wildman–Crippen LogP) is 2.81. The van der Waals surface area contributed by atoms with E-state index in [0.717, 1.165) is 37.9 Å². The van der Waals surface area contributed by atoms with E-state index in [1.807, 2.05) is 38.1 Å². The van der Waals surface area contributed by atoms with Crippen molar-refractivity contribution in [3.63, 3.8) is 0 Å². The second-order valence-corrected chi connectivity index (χ2v) is 7.83. The molecule has 1 fully saturated rings. The SMILES string of the molecule is CC(C)Oc1ccc(C2=C(N(C)CCO)C(=O)N(C3CCCCC3)C2=O)cc1. The van der Waals surface area contributed by atoms with Crippen molar-refractivity contribution in [1.29, 1.82) is 0 Å². The second-order valence-electron chi connectivity index (χ2n) is 7.83. The molecule has 28 heavy (non-hydrogen) atoms. The number of hydrogen-bond acceptors (Lipinski definition) is 5. The van der Waals surface area contributed by atoms with E-state index in [-0.39, 0.29) is 30.6 Å². The highest BCUT2D eigenvalue weighted by Crippen LogP contribution is 2.36. The van der Waals surface area contributed by atoms with E-state index < -0.39 is 0 Å². The maximum Gasteiger partial charge on any atom is 0.278 e. The van der Waals surface area contributed by atoms with Crippen molar-refractivity contribution in [2.24, 2.45) is 0 Å². The highest BCUT2D eigenvalue weighted by Gasteiger charge is 2.44. The van der Waals surface area contributed by atoms with E-state index in [1.165, 1.54) is 4.90 Å². The molecule has 0 unspecified atom stereocenters. The Morgan fingerprint density at radius 3 is 2.32 bits per heavy atom. The number of nitrogens with zero attached hydrogens (tertiary/aromatic N) is 2. The van der Waals surface area contributed by atoms with Gasteiger partial charge in [0.1, 0.15) is 11.4 Å². The summed E-state index contributed by atoms with van der Waals surface area (Å²) in [6.07, 6.45) is 5.03. The number of amides is 2. The summed E-state index contributed by atoms with van der Waals surface area (Å²) in [5.41, 5.74) is 1.50. The van der Waals surface area contributed by atoms with Crippen molar-refractivity contribution in [2.45, 2.75) is 58.1 Å². The van der Waals surface area contributed by atoms with Crippen LogP contribution in [0.3, 0.4) is 0 Å². The first kappa shape index (κ1) is 20.4. The standard InChI is InChI=1S/C22H30N2O4/c1-15(2)28-18-11-9-16(10-12-18)19-20(23(3)13-14-25)22(27)24(21(19)26)17-7-5-4-6-8-17/h9-12,15,17,25H,4-8,13-14H2,1-3H3. The molecule has 6 heteroatoms. The van der Waals surface area contributed by atoms with E-state index in [4.69, 9.17) is 4.74 Å². The van der Waals surface area contributed by atoms with Crippen molar-refractivity contribution < 1.29 is 19.4 Å². The van der Waals surface area contributed by atoms with Crippen molar-refractivity contribution >= 4 is 17.4 Å². The minimum Gasteiger partial charge on any atom is -0.491 e. The molecule has 1 heterocycles. The monoisotopic (exact) mass is 386 g/mol. The number of benzene rings is 1. The van der Waals surface area contributed by atoms with Crippen LogP contribution in [0.2, 0.25) is 0 Å². The van der Waals surface area contributed by atoms with E-state index in [2.05, 4.69) is 0 Å². The fourth-order valence-electron chi connectivity index (χ4n) is 4.05. The second kappa shape index (κ2) is 8.78. The lowest BCUT2D eigenvalue weighted by atomic mass is 9.94. The lowest BCUT2D eigenvalue weighted by Crippen LogP contribution is -2.43. The zero-order chi connectivity index (χ0) is 20.3. The fourth-order valence-corrected chi connectivity index (χ4v) is 4.05. The molecule has 0 bridgehead atoms. The van der Waals surface area contributed by atoms with Gasteiger partial charge in [0, 0.05) is 19.6 Å². The number of carbonyl (C=O) groups excluding carboxylic acids is 2. The minimum atomic E-state index is -0.245. The van der Waals surface area contributed by atoms with Crippen LogP contribution in [0.1, 0.15) is 51.5 Å². The summed E-state index contributed by atoms with van der Waals surface area (Å²) in [5, 5.41) is 9.35. The van der Waals surface area contributed by atoms with Gasteiger partial charge < -0.3 is 14.7 Å². The molecule has 0 aromatic heterocycles. The van der Waals surface area contributed by atoms with Crippen LogP contribution < -0.4 is 4.74 Å². The maximum absolute atomic E-state index is 13.3. The minimum absolute atomic E-state index is 0.0349. The zero-order valence-electron chi connectivity index (χ0n) is 17.0. The molecular weight excluding hydrogens is 356 g/mol. The summed E-state index contributed by atoms with van der Waals surface area (Å²) in [7, 11) is 1.75. The van der Waals surface area contributed by atoms with Crippen LogP contribution in [-0.4, -0.2) is 59.1 Å². The molecule has 1 aliphatic carbocycles. The smallest absolute Gasteiger partial charge is 0.278 e. The van der Waals surface area contributed by atoms with Crippen LogP contribution in [0, 0.1) is 0 Å². The Kier molecular flexibility index (Phi) is 6.39. The van der Waals surface area contributed by atoms with Gasteiger partial charge in [0.25, 0.3) is 11.8 Å². The summed E-state index contributed by atoms with van der Waals surface area (Å²) < 4.78 is 5.69. The Hall–Kier alpha value is -2.34. The van der Waals surface area contributed by atoms with Gasteiger partial charge in [-0.1, -0.05) is 31.4 Å². The molecule has 0 spiro atoms. The van der Waals surface area contributed by atoms with Crippen molar-refractivity contribution in [2.75, 3.05) is 20.2 Å². The lowest BCUT2D eigenvalue weighted by molar-refractivity contribution is -0.140. The molecule has 1 aromatic rings. The summed E-state index contributed by atoms with van der Waals surface area (Å²) in [6.45, 7) is 4.13. The summed E-state index contributed by atoms with van der Waals surface area (Å²) in [4.78, 5) is 29.7. The highest BCUT2D eigenvalue weighted by molar-refractivity contribution is 6.35. The number of imide groups is 1. The highest BCUT2D eigenvalue weighted by atomic mass is 16.5. The van der Waals surface area contributed by atoms with Crippen LogP contribution in [0.5, 0.6) is 5.75 Å². The first-order valence-electron chi connectivity index (χ1n) is 10.1. The van der Waals surface area contributed by atoms with Gasteiger partial charge in [0.2, 0.25) is 0 Å². The Morgan fingerprint density at radius 2 is 1.75 bits per heavy atom. The molecule has 2 aliphatic rings. The lowest BCUT2D eigenvalue weighted by Gasteiger charge is -2.30. The van der Waals surface area contributed by atoms with Gasteiger partial charge in [0.15, 0.2) is 0 Å². The van der Waals surface area contributed by atoms with E-state index in [9.17, 15) is 14.7 Å². The number of hydrogen-bond donors (Lipinski definition) is 1. The molecule has 0 saturated heterocycles. The topological polar surface area (TPSA) is 70.1 Å². The third-order valence-corrected chi connectivity index (χ3v) is 5.36. The Balaban J connectivity index is 1.97. The average Bonchev–Trinajstić information content (AvgIpc) is 2.93. The van der Waals surface area contributed by atoms with Crippen molar-refractivity contribution in [1.82, 2.24) is 9.80 Å². The molecule has 1 aliphatic heterocycles. The molecule has 0 radical (unpaired) electrons. The third-order valence-electron chi connectivity index (χ3n) is 5.36. The number of ether oxygens (including phenoxy) is 1. The molecule has 1 saturated carbocycles. The molecule has 1 aromatic carbocycles. The first-order chi connectivity index (χ1) is 13.4. The van der Waals surface area contributed by atoms with E-state index in [1.54, 1.807) is 11.9 Å². The Labute approximate surface area is 166 Å². The van der Waals surface area contributed by atoms with Gasteiger partial charge in [-0.25, -0.2) is 0 Å². The first-order valence-corrected chi connectivity index (χ1v) is 10.1. The van der Waals surface area contributed by atoms with Gasteiger partial charge in [-0.05, 0) is 44.4 Å². The average molecular weight is 386 g/mol.